The maximum absolute atomic E-state index is 13.3. The van der Waals surface area contributed by atoms with E-state index in [1.807, 2.05) is 11.4 Å². The molecule has 1 fully saturated rings. The van der Waals surface area contributed by atoms with E-state index in [2.05, 4.69) is 20.6 Å². The first kappa shape index (κ1) is 16.0. The molecule has 124 valence electrons. The van der Waals surface area contributed by atoms with E-state index in [1.165, 1.54) is 17.7 Å². The van der Waals surface area contributed by atoms with Gasteiger partial charge in [0.15, 0.2) is 0 Å². The number of rotatable bonds is 6. The van der Waals surface area contributed by atoms with Crippen LogP contribution in [-0.2, 0) is 4.79 Å². The topological polar surface area (TPSA) is 66.9 Å². The number of carbonyl (C=O) groups is 1. The minimum atomic E-state index is -2.61. The van der Waals surface area contributed by atoms with E-state index < -0.39 is 17.7 Å². The Morgan fingerprint density at radius 2 is 2.09 bits per heavy atom. The van der Waals surface area contributed by atoms with Crippen LogP contribution < -0.4 is 10.6 Å². The highest BCUT2D eigenvalue weighted by Crippen LogP contribution is 2.43. The zero-order valence-corrected chi connectivity index (χ0v) is 13.3. The first-order valence-electron chi connectivity index (χ1n) is 7.62. The van der Waals surface area contributed by atoms with Gasteiger partial charge in [0.1, 0.15) is 22.4 Å². The molecule has 23 heavy (non-hydrogen) atoms. The molecule has 1 amide bonds. The number of nitrogens with zero attached hydrogens (tertiary/aromatic N) is 2. The molecule has 1 saturated carbocycles. The molecular formula is C15H18F2N4OS. The summed E-state index contributed by atoms with van der Waals surface area (Å²) in [4.78, 5) is 21.4. The third-order valence-corrected chi connectivity index (χ3v) is 5.15. The summed E-state index contributed by atoms with van der Waals surface area (Å²) in [6.07, 6.45) is 0.784. The van der Waals surface area contributed by atoms with Gasteiger partial charge in [0.2, 0.25) is 5.91 Å². The molecule has 2 N–H and O–H groups in total. The van der Waals surface area contributed by atoms with Crippen LogP contribution in [-0.4, -0.2) is 35.4 Å². The number of alkyl halides is 2. The number of anilines is 1. The van der Waals surface area contributed by atoms with Crippen LogP contribution in [0.3, 0.4) is 0 Å². The second-order valence-electron chi connectivity index (χ2n) is 5.71. The average molecular weight is 340 g/mol. The molecule has 5 nitrogen and oxygen atoms in total. The number of hydrogen-bond acceptors (Lipinski definition) is 5. The van der Waals surface area contributed by atoms with Crippen LogP contribution in [0.4, 0.5) is 14.6 Å². The SMILES string of the molecule is O=C(NCCNc1ncnc2sccc12)C1(C(F)F)CCCC1. The van der Waals surface area contributed by atoms with Gasteiger partial charge in [-0.05, 0) is 24.3 Å². The lowest BCUT2D eigenvalue weighted by Crippen LogP contribution is -2.45. The van der Waals surface area contributed by atoms with Crippen molar-refractivity contribution in [2.75, 3.05) is 18.4 Å². The van der Waals surface area contributed by atoms with Crippen LogP contribution in [0.25, 0.3) is 10.2 Å². The summed E-state index contributed by atoms with van der Waals surface area (Å²) in [5.41, 5.74) is -1.49. The Morgan fingerprint density at radius 3 is 2.83 bits per heavy atom. The molecule has 2 heterocycles. The molecule has 8 heteroatoms. The van der Waals surface area contributed by atoms with Gasteiger partial charge in [-0.15, -0.1) is 11.3 Å². The maximum atomic E-state index is 13.3. The van der Waals surface area contributed by atoms with Crippen LogP contribution >= 0.6 is 11.3 Å². The molecule has 3 rings (SSSR count). The predicted octanol–water partition coefficient (Wildman–Crippen LogP) is 3.04. The molecule has 0 bridgehead atoms. The summed E-state index contributed by atoms with van der Waals surface area (Å²) >= 11 is 1.52. The third-order valence-electron chi connectivity index (χ3n) is 4.33. The molecular weight excluding hydrogens is 322 g/mol. The second-order valence-corrected chi connectivity index (χ2v) is 6.60. The molecule has 2 aromatic heterocycles. The summed E-state index contributed by atoms with van der Waals surface area (Å²) in [6, 6.07) is 1.92. The van der Waals surface area contributed by atoms with Gasteiger partial charge in [-0.1, -0.05) is 12.8 Å². The summed E-state index contributed by atoms with van der Waals surface area (Å²) in [5, 5.41) is 8.60. The number of fused-ring (bicyclic) bond motifs is 1. The lowest BCUT2D eigenvalue weighted by molar-refractivity contribution is -0.140. The quantitative estimate of drug-likeness (QED) is 0.793. The van der Waals surface area contributed by atoms with E-state index >= 15 is 0 Å². The van der Waals surface area contributed by atoms with Crippen molar-refractivity contribution in [3.8, 4) is 0 Å². The molecule has 1 aliphatic rings. The summed E-state index contributed by atoms with van der Waals surface area (Å²) in [7, 11) is 0. The van der Waals surface area contributed by atoms with Crippen molar-refractivity contribution in [2.45, 2.75) is 32.1 Å². The van der Waals surface area contributed by atoms with E-state index in [9.17, 15) is 13.6 Å². The van der Waals surface area contributed by atoms with Crippen LogP contribution in [0.5, 0.6) is 0 Å². The highest BCUT2D eigenvalue weighted by Gasteiger charge is 2.48. The Balaban J connectivity index is 1.53. The van der Waals surface area contributed by atoms with Gasteiger partial charge >= 0.3 is 0 Å². The van der Waals surface area contributed by atoms with E-state index in [-0.39, 0.29) is 19.4 Å². The first-order chi connectivity index (χ1) is 11.1. The van der Waals surface area contributed by atoms with Gasteiger partial charge in [-0.2, -0.15) is 0 Å². The van der Waals surface area contributed by atoms with Crippen molar-refractivity contribution in [2.24, 2.45) is 5.41 Å². The van der Waals surface area contributed by atoms with Gasteiger partial charge < -0.3 is 10.6 Å². The smallest absolute Gasteiger partial charge is 0.252 e. The number of halogens is 2. The van der Waals surface area contributed by atoms with Gasteiger partial charge in [-0.3, -0.25) is 4.79 Å². The Bertz CT molecular complexity index is 685. The molecule has 0 unspecified atom stereocenters. The second kappa shape index (κ2) is 6.74. The lowest BCUT2D eigenvalue weighted by atomic mass is 9.85. The van der Waals surface area contributed by atoms with E-state index in [1.54, 1.807) is 0 Å². The van der Waals surface area contributed by atoms with Crippen molar-refractivity contribution in [3.05, 3.63) is 17.8 Å². The van der Waals surface area contributed by atoms with Crippen molar-refractivity contribution in [1.29, 1.82) is 0 Å². The average Bonchev–Trinajstić information content (AvgIpc) is 3.20. The van der Waals surface area contributed by atoms with Crippen molar-refractivity contribution in [3.63, 3.8) is 0 Å². The van der Waals surface area contributed by atoms with E-state index in [4.69, 9.17) is 0 Å². The number of hydrogen-bond donors (Lipinski definition) is 2. The van der Waals surface area contributed by atoms with Crippen molar-refractivity contribution in [1.82, 2.24) is 15.3 Å². The van der Waals surface area contributed by atoms with Crippen molar-refractivity contribution >= 4 is 33.3 Å². The summed E-state index contributed by atoms with van der Waals surface area (Å²) in [5.74, 6) is 0.158. The zero-order valence-electron chi connectivity index (χ0n) is 12.5. The molecule has 2 aromatic rings. The molecule has 1 aliphatic carbocycles. The third kappa shape index (κ3) is 3.12. The number of carbonyl (C=O) groups excluding carboxylic acids is 1. The number of amides is 1. The molecule has 0 spiro atoms. The summed E-state index contributed by atoms with van der Waals surface area (Å²) in [6.45, 7) is 0.704. The Kier molecular flexibility index (Phi) is 4.70. The standard InChI is InChI=1S/C15H18F2N4OS/c16-13(17)15(4-1-2-5-15)14(22)19-7-6-18-11-10-3-8-23-12(10)21-9-20-11/h3,8-9,13H,1-2,4-7H2,(H,19,22)(H,18,20,21). The van der Waals surface area contributed by atoms with Gasteiger partial charge in [0, 0.05) is 13.1 Å². The Labute approximate surface area is 136 Å². The molecule has 0 aliphatic heterocycles. The van der Waals surface area contributed by atoms with E-state index in [0.29, 0.717) is 25.2 Å². The fraction of sp³-hybridized carbons (Fsp3) is 0.533. The minimum absolute atomic E-state index is 0.269. The van der Waals surface area contributed by atoms with E-state index in [0.717, 1.165) is 10.2 Å². The molecule has 0 aromatic carbocycles. The molecule has 0 atom stereocenters. The zero-order chi connectivity index (χ0) is 16.3. The van der Waals surface area contributed by atoms with Crippen LogP contribution in [0.15, 0.2) is 17.8 Å². The normalized spacial score (nSPS) is 16.8. The first-order valence-corrected chi connectivity index (χ1v) is 8.50. The minimum Gasteiger partial charge on any atom is -0.368 e. The Hall–Kier alpha value is -1.83. The monoisotopic (exact) mass is 340 g/mol. The lowest BCUT2D eigenvalue weighted by Gasteiger charge is -2.26. The van der Waals surface area contributed by atoms with Crippen molar-refractivity contribution < 1.29 is 13.6 Å². The fourth-order valence-electron chi connectivity index (χ4n) is 3.01. The highest BCUT2D eigenvalue weighted by molar-refractivity contribution is 7.16. The molecule has 0 saturated heterocycles. The summed E-state index contributed by atoms with van der Waals surface area (Å²) < 4.78 is 26.5. The van der Waals surface area contributed by atoms with Gasteiger partial charge in [-0.25, -0.2) is 18.7 Å². The highest BCUT2D eigenvalue weighted by atomic mass is 32.1. The van der Waals surface area contributed by atoms with Crippen LogP contribution in [0.2, 0.25) is 0 Å². The van der Waals surface area contributed by atoms with Gasteiger partial charge in [0.05, 0.1) is 5.39 Å². The number of thiophene rings is 1. The van der Waals surface area contributed by atoms with Crippen LogP contribution in [0, 0.1) is 5.41 Å². The predicted molar refractivity (Wildman–Crippen MR) is 85.8 cm³/mol. The maximum Gasteiger partial charge on any atom is 0.252 e. The number of aromatic nitrogens is 2. The largest absolute Gasteiger partial charge is 0.368 e. The Morgan fingerprint density at radius 1 is 1.30 bits per heavy atom. The van der Waals surface area contributed by atoms with Crippen LogP contribution in [0.1, 0.15) is 25.7 Å². The fourth-order valence-corrected chi connectivity index (χ4v) is 3.75. The molecule has 0 radical (unpaired) electrons. The van der Waals surface area contributed by atoms with Gasteiger partial charge in [0.25, 0.3) is 6.43 Å². The number of nitrogens with one attached hydrogen (secondary N) is 2.